The van der Waals surface area contributed by atoms with Gasteiger partial charge in [-0.2, -0.15) is 22.1 Å². The molecule has 0 spiro atoms. The number of carboxylic acids is 1. The summed E-state index contributed by atoms with van der Waals surface area (Å²) in [5, 5.41) is 31.2. The predicted octanol–water partition coefficient (Wildman–Crippen LogP) is 1.70. The summed E-state index contributed by atoms with van der Waals surface area (Å²) in [5.41, 5.74) is 1.26. The Morgan fingerprint density at radius 2 is 2.32 bits per heavy atom. The Kier molecular flexibility index (Phi) is 6.42. The van der Waals surface area contributed by atoms with Gasteiger partial charge in [-0.05, 0) is 36.6 Å². The summed E-state index contributed by atoms with van der Waals surface area (Å²) in [6, 6.07) is 6.14. The molecular weight excluding hydrogens is 342 g/mol. The van der Waals surface area contributed by atoms with Crippen molar-refractivity contribution in [3.05, 3.63) is 36.2 Å². The van der Waals surface area contributed by atoms with E-state index >= 15 is 0 Å². The number of H-pyrrole nitrogens is 1. The molecule has 4 N–H and O–H groups in total. The van der Waals surface area contributed by atoms with Gasteiger partial charge in [0.25, 0.3) is 5.91 Å². The van der Waals surface area contributed by atoms with Gasteiger partial charge in [0.2, 0.25) is 0 Å². The topological polar surface area (TPSA) is 131 Å². The lowest BCUT2D eigenvalue weighted by molar-refractivity contribution is -0.141. The molecule has 0 fully saturated rings. The van der Waals surface area contributed by atoms with Crippen LogP contribution < -0.4 is 10.6 Å². The summed E-state index contributed by atoms with van der Waals surface area (Å²) in [4.78, 5) is 23.3. The summed E-state index contributed by atoms with van der Waals surface area (Å²) in [5.74, 6) is -1.27. The van der Waals surface area contributed by atoms with Gasteiger partial charge in [0, 0.05) is 17.3 Å². The number of benzene rings is 1. The lowest BCUT2D eigenvalue weighted by Gasteiger charge is -2.13. The number of fused-ring (bicyclic) bond motifs is 1. The number of nitrogens with zero attached hydrogens (tertiary/aromatic N) is 2. The van der Waals surface area contributed by atoms with E-state index in [-0.39, 0.29) is 12.0 Å². The van der Waals surface area contributed by atoms with E-state index in [4.69, 9.17) is 10.4 Å². The maximum Gasteiger partial charge on any atom is 0.326 e. The standard InChI is InChI=1S/C16H17N5O3S/c1-25-5-4-13(16(23)24)20-15(22)11(7-17)8-18-12-3-2-10-9-19-21-14(10)6-12/h2-3,6,8-9,13,18H,4-5H2,1H3,(H,19,21)(H,20,22)(H,23,24)/b11-8-. The Bertz CT molecular complexity index is 840. The highest BCUT2D eigenvalue weighted by molar-refractivity contribution is 7.98. The fourth-order valence-corrected chi connectivity index (χ4v) is 2.53. The van der Waals surface area contributed by atoms with Crippen molar-refractivity contribution in [1.29, 1.82) is 5.26 Å². The molecule has 0 aliphatic heterocycles. The first-order valence-corrected chi connectivity index (χ1v) is 8.77. The quantitative estimate of drug-likeness (QED) is 0.417. The molecule has 1 aromatic carbocycles. The molecule has 1 heterocycles. The van der Waals surface area contributed by atoms with Gasteiger partial charge in [-0.3, -0.25) is 9.89 Å². The zero-order valence-corrected chi connectivity index (χ0v) is 14.3. The number of amides is 1. The van der Waals surface area contributed by atoms with E-state index in [0.717, 1.165) is 10.9 Å². The number of aromatic nitrogens is 2. The molecule has 0 bridgehead atoms. The van der Waals surface area contributed by atoms with Crippen LogP contribution in [0.2, 0.25) is 0 Å². The van der Waals surface area contributed by atoms with Crippen molar-refractivity contribution >= 4 is 40.2 Å². The molecule has 25 heavy (non-hydrogen) atoms. The second-order valence-corrected chi connectivity index (χ2v) is 6.12. The van der Waals surface area contributed by atoms with E-state index in [9.17, 15) is 9.59 Å². The summed E-state index contributed by atoms with van der Waals surface area (Å²) in [6.07, 6.45) is 5.07. The maximum atomic E-state index is 12.1. The molecule has 9 heteroatoms. The smallest absolute Gasteiger partial charge is 0.326 e. The van der Waals surface area contributed by atoms with Crippen molar-refractivity contribution in [2.24, 2.45) is 0 Å². The second kappa shape index (κ2) is 8.75. The van der Waals surface area contributed by atoms with Gasteiger partial charge in [-0.1, -0.05) is 0 Å². The Hall–Kier alpha value is -2.99. The van der Waals surface area contributed by atoms with Crippen molar-refractivity contribution in [2.45, 2.75) is 12.5 Å². The van der Waals surface area contributed by atoms with Crippen molar-refractivity contribution in [3.8, 4) is 6.07 Å². The van der Waals surface area contributed by atoms with E-state index in [1.54, 1.807) is 24.4 Å². The average molecular weight is 359 g/mol. The average Bonchev–Trinajstić information content (AvgIpc) is 3.06. The molecule has 130 valence electrons. The summed E-state index contributed by atoms with van der Waals surface area (Å²) >= 11 is 1.48. The number of carbonyl (C=O) groups is 2. The Morgan fingerprint density at radius 3 is 3.00 bits per heavy atom. The van der Waals surface area contributed by atoms with Crippen LogP contribution in [0.25, 0.3) is 10.9 Å². The number of anilines is 1. The number of rotatable bonds is 8. The molecule has 1 aromatic heterocycles. The van der Waals surface area contributed by atoms with E-state index in [1.165, 1.54) is 18.0 Å². The van der Waals surface area contributed by atoms with Crippen LogP contribution in [-0.2, 0) is 9.59 Å². The fraction of sp³-hybridized carbons (Fsp3) is 0.250. The number of hydrogen-bond acceptors (Lipinski definition) is 6. The molecule has 2 rings (SSSR count). The number of thioether (sulfide) groups is 1. The number of aliphatic carboxylic acids is 1. The zero-order chi connectivity index (χ0) is 18.2. The van der Waals surface area contributed by atoms with E-state index in [0.29, 0.717) is 11.4 Å². The second-order valence-electron chi connectivity index (χ2n) is 5.13. The van der Waals surface area contributed by atoms with E-state index < -0.39 is 17.9 Å². The molecule has 8 nitrogen and oxygen atoms in total. The zero-order valence-electron chi connectivity index (χ0n) is 13.4. The largest absolute Gasteiger partial charge is 0.480 e. The van der Waals surface area contributed by atoms with Crippen LogP contribution in [0.4, 0.5) is 5.69 Å². The van der Waals surface area contributed by atoms with Gasteiger partial charge in [0.15, 0.2) is 0 Å². The molecule has 0 saturated carbocycles. The molecule has 1 unspecified atom stereocenters. The SMILES string of the molecule is CSCCC(NC(=O)/C(C#N)=C\Nc1ccc2cn[nH]c2c1)C(=O)O. The first-order valence-electron chi connectivity index (χ1n) is 7.37. The van der Waals surface area contributed by atoms with Gasteiger partial charge >= 0.3 is 5.97 Å². The first kappa shape index (κ1) is 18.4. The molecule has 0 radical (unpaired) electrons. The van der Waals surface area contributed by atoms with E-state index in [2.05, 4.69) is 20.8 Å². The molecule has 1 atom stereocenters. The number of hydrogen-bond donors (Lipinski definition) is 4. The molecule has 0 aliphatic rings. The minimum Gasteiger partial charge on any atom is -0.480 e. The Morgan fingerprint density at radius 1 is 1.52 bits per heavy atom. The van der Waals surface area contributed by atoms with Gasteiger partial charge in [0.1, 0.15) is 17.7 Å². The first-order chi connectivity index (χ1) is 12.0. The van der Waals surface area contributed by atoms with Crippen LogP contribution in [0.1, 0.15) is 6.42 Å². The lowest BCUT2D eigenvalue weighted by atomic mass is 10.2. The molecule has 2 aromatic rings. The van der Waals surface area contributed by atoms with Crippen LogP contribution in [0.15, 0.2) is 36.2 Å². The van der Waals surface area contributed by atoms with Crippen molar-refractivity contribution in [2.75, 3.05) is 17.3 Å². The van der Waals surface area contributed by atoms with Crippen molar-refractivity contribution in [3.63, 3.8) is 0 Å². The number of nitriles is 1. The number of nitrogens with one attached hydrogen (secondary N) is 3. The summed E-state index contributed by atoms with van der Waals surface area (Å²) in [7, 11) is 0. The molecule has 0 saturated heterocycles. The normalized spacial score (nSPS) is 12.4. The van der Waals surface area contributed by atoms with Crippen molar-refractivity contribution in [1.82, 2.24) is 15.5 Å². The highest BCUT2D eigenvalue weighted by Crippen LogP contribution is 2.16. The number of carboxylic acid groups (broad SMARTS) is 1. The highest BCUT2D eigenvalue weighted by Gasteiger charge is 2.21. The fourth-order valence-electron chi connectivity index (χ4n) is 2.06. The molecule has 0 aliphatic carbocycles. The predicted molar refractivity (Wildman–Crippen MR) is 96.0 cm³/mol. The third-order valence-electron chi connectivity index (χ3n) is 3.40. The third-order valence-corrected chi connectivity index (χ3v) is 4.05. The minimum atomic E-state index is -1.13. The van der Waals surface area contributed by atoms with E-state index in [1.807, 2.05) is 12.3 Å². The van der Waals surface area contributed by atoms with Gasteiger partial charge in [0.05, 0.1) is 11.7 Å². The summed E-state index contributed by atoms with van der Waals surface area (Å²) in [6.45, 7) is 0. The third kappa shape index (κ3) is 4.99. The maximum absolute atomic E-state index is 12.1. The summed E-state index contributed by atoms with van der Waals surface area (Å²) < 4.78 is 0. The number of aromatic amines is 1. The van der Waals surface area contributed by atoms with Gasteiger partial charge in [-0.15, -0.1) is 0 Å². The van der Waals surface area contributed by atoms with Crippen LogP contribution in [0, 0.1) is 11.3 Å². The molecule has 1 amide bonds. The van der Waals surface area contributed by atoms with Crippen LogP contribution >= 0.6 is 11.8 Å². The van der Waals surface area contributed by atoms with Crippen LogP contribution in [-0.4, -0.2) is 45.2 Å². The number of carbonyl (C=O) groups excluding carboxylic acids is 1. The highest BCUT2D eigenvalue weighted by atomic mass is 32.2. The Labute approximate surface area is 148 Å². The molecular formula is C16H17N5O3S. The van der Waals surface area contributed by atoms with Crippen LogP contribution in [0.5, 0.6) is 0 Å². The minimum absolute atomic E-state index is 0.208. The lowest BCUT2D eigenvalue weighted by Crippen LogP contribution is -2.41. The Balaban J connectivity index is 2.06. The van der Waals surface area contributed by atoms with Gasteiger partial charge in [-0.25, -0.2) is 4.79 Å². The van der Waals surface area contributed by atoms with Gasteiger partial charge < -0.3 is 15.7 Å². The monoisotopic (exact) mass is 359 g/mol. The van der Waals surface area contributed by atoms with Crippen LogP contribution in [0.3, 0.4) is 0 Å². The van der Waals surface area contributed by atoms with Crippen molar-refractivity contribution < 1.29 is 14.7 Å².